The van der Waals surface area contributed by atoms with E-state index in [2.05, 4.69) is 23.7 Å². The molecule has 0 bridgehead atoms. The molecule has 12 heavy (non-hydrogen) atoms. The maximum atomic E-state index is 3.73. The van der Waals surface area contributed by atoms with E-state index in [-0.39, 0.29) is 0 Å². The molecule has 2 nitrogen and oxygen atoms in total. The highest BCUT2D eigenvalue weighted by molar-refractivity contribution is 4.81. The molecule has 0 radical (unpaired) electrons. The van der Waals surface area contributed by atoms with Crippen molar-refractivity contribution in [3.05, 3.63) is 12.7 Å². The van der Waals surface area contributed by atoms with Crippen LogP contribution in [0.15, 0.2) is 12.7 Å². The average Bonchev–Trinajstić information content (AvgIpc) is 2.57. The van der Waals surface area contributed by atoms with Gasteiger partial charge in [-0.25, -0.2) is 0 Å². The maximum Gasteiger partial charge on any atom is 0.0219 e. The molecule has 1 rings (SSSR count). The summed E-state index contributed by atoms with van der Waals surface area (Å²) in [5.41, 5.74) is 0. The van der Waals surface area contributed by atoms with Crippen molar-refractivity contribution in [2.24, 2.45) is 0 Å². The van der Waals surface area contributed by atoms with E-state index in [1.807, 2.05) is 6.08 Å². The average molecular weight is 168 g/mol. The second-order valence-electron chi connectivity index (χ2n) is 3.53. The minimum atomic E-state index is 0.451. The highest BCUT2D eigenvalue weighted by Crippen LogP contribution is 2.05. The molecule has 70 valence electrons. The van der Waals surface area contributed by atoms with Crippen LogP contribution in [-0.4, -0.2) is 37.1 Å². The van der Waals surface area contributed by atoms with Gasteiger partial charge in [0, 0.05) is 19.1 Å². The van der Waals surface area contributed by atoms with Gasteiger partial charge in [-0.2, -0.15) is 0 Å². The van der Waals surface area contributed by atoms with Gasteiger partial charge < -0.3 is 10.2 Å². The Morgan fingerprint density at radius 2 is 2.17 bits per heavy atom. The van der Waals surface area contributed by atoms with Crippen LogP contribution in [0.25, 0.3) is 0 Å². The Balaban J connectivity index is 1.97. The Morgan fingerprint density at radius 1 is 1.50 bits per heavy atom. The lowest BCUT2D eigenvalue weighted by atomic mass is 10.3. The van der Waals surface area contributed by atoms with Gasteiger partial charge in [-0.3, -0.25) is 0 Å². The number of nitrogens with zero attached hydrogens (tertiary/aromatic N) is 1. The van der Waals surface area contributed by atoms with Gasteiger partial charge in [0.15, 0.2) is 0 Å². The first-order valence-electron chi connectivity index (χ1n) is 4.91. The first-order chi connectivity index (χ1) is 5.83. The van der Waals surface area contributed by atoms with Crippen LogP contribution in [0.4, 0.5) is 0 Å². The highest BCUT2D eigenvalue weighted by Gasteiger charge is 2.10. The summed E-state index contributed by atoms with van der Waals surface area (Å²) in [5.74, 6) is 0. The minimum absolute atomic E-state index is 0.451. The Hall–Kier alpha value is -0.340. The van der Waals surface area contributed by atoms with Crippen LogP contribution in [0.2, 0.25) is 0 Å². The molecule has 1 atom stereocenters. The number of hydrogen-bond donors (Lipinski definition) is 1. The number of nitrogens with one attached hydrogen (secondary N) is 1. The summed E-state index contributed by atoms with van der Waals surface area (Å²) in [6.45, 7) is 10.7. The lowest BCUT2D eigenvalue weighted by molar-refractivity contribution is 0.333. The molecule has 0 aromatic carbocycles. The van der Waals surface area contributed by atoms with Crippen LogP contribution in [0.5, 0.6) is 0 Å². The zero-order chi connectivity index (χ0) is 8.81. The fraction of sp³-hybridized carbons (Fsp3) is 0.800. The van der Waals surface area contributed by atoms with Crippen molar-refractivity contribution in [3.8, 4) is 0 Å². The predicted octanol–water partition coefficient (Wildman–Crippen LogP) is 1.25. The third-order valence-corrected chi connectivity index (χ3v) is 2.45. The normalized spacial score (nSPS) is 21.1. The SMILES string of the molecule is C=CC(C)NCCN1CCCC1. The molecule has 0 amide bonds. The van der Waals surface area contributed by atoms with E-state index >= 15 is 0 Å². The van der Waals surface area contributed by atoms with Crippen molar-refractivity contribution in [2.45, 2.75) is 25.8 Å². The molecule has 0 aliphatic carbocycles. The first kappa shape index (κ1) is 9.75. The Morgan fingerprint density at radius 3 is 2.75 bits per heavy atom. The molecular formula is C10H20N2. The summed E-state index contributed by atoms with van der Waals surface area (Å²) in [7, 11) is 0. The second-order valence-corrected chi connectivity index (χ2v) is 3.53. The zero-order valence-electron chi connectivity index (χ0n) is 8.05. The summed E-state index contributed by atoms with van der Waals surface area (Å²) in [6, 6.07) is 0.451. The van der Waals surface area contributed by atoms with Crippen LogP contribution in [0.1, 0.15) is 19.8 Å². The van der Waals surface area contributed by atoms with E-state index in [0.717, 1.165) is 6.54 Å². The number of likely N-dealkylation sites (tertiary alicyclic amines) is 1. The van der Waals surface area contributed by atoms with E-state index in [9.17, 15) is 0 Å². The van der Waals surface area contributed by atoms with E-state index < -0.39 is 0 Å². The van der Waals surface area contributed by atoms with Crippen molar-refractivity contribution in [3.63, 3.8) is 0 Å². The third-order valence-electron chi connectivity index (χ3n) is 2.45. The third kappa shape index (κ3) is 3.37. The molecule has 0 saturated carbocycles. The first-order valence-corrected chi connectivity index (χ1v) is 4.91. The number of rotatable bonds is 5. The number of hydrogen-bond acceptors (Lipinski definition) is 2. The summed E-state index contributed by atoms with van der Waals surface area (Å²) in [5, 5.41) is 3.40. The quantitative estimate of drug-likeness (QED) is 0.621. The second kappa shape index (κ2) is 5.33. The molecule has 0 aromatic heterocycles. The van der Waals surface area contributed by atoms with E-state index in [0.29, 0.717) is 6.04 Å². The fourth-order valence-electron chi connectivity index (χ4n) is 1.54. The lowest BCUT2D eigenvalue weighted by Crippen LogP contribution is -2.33. The molecule has 0 aromatic rings. The topological polar surface area (TPSA) is 15.3 Å². The summed E-state index contributed by atoms with van der Waals surface area (Å²) < 4.78 is 0. The standard InChI is InChI=1S/C10H20N2/c1-3-10(2)11-6-9-12-7-4-5-8-12/h3,10-11H,1,4-9H2,2H3. The van der Waals surface area contributed by atoms with Gasteiger partial charge in [-0.05, 0) is 32.9 Å². The van der Waals surface area contributed by atoms with Crippen LogP contribution in [-0.2, 0) is 0 Å². The molecule has 1 saturated heterocycles. The van der Waals surface area contributed by atoms with Crippen molar-refractivity contribution in [1.29, 1.82) is 0 Å². The molecule has 1 unspecified atom stereocenters. The van der Waals surface area contributed by atoms with Gasteiger partial charge in [-0.1, -0.05) is 6.08 Å². The Labute approximate surface area is 75.6 Å². The van der Waals surface area contributed by atoms with Crippen LogP contribution < -0.4 is 5.32 Å². The van der Waals surface area contributed by atoms with Crippen molar-refractivity contribution >= 4 is 0 Å². The van der Waals surface area contributed by atoms with Gasteiger partial charge in [0.05, 0.1) is 0 Å². The lowest BCUT2D eigenvalue weighted by Gasteiger charge is -2.16. The maximum absolute atomic E-state index is 3.73. The van der Waals surface area contributed by atoms with Crippen LogP contribution in [0, 0.1) is 0 Å². The van der Waals surface area contributed by atoms with Crippen molar-refractivity contribution in [1.82, 2.24) is 10.2 Å². The summed E-state index contributed by atoms with van der Waals surface area (Å²) in [4.78, 5) is 2.52. The van der Waals surface area contributed by atoms with Gasteiger partial charge in [-0.15, -0.1) is 6.58 Å². The van der Waals surface area contributed by atoms with Crippen LogP contribution >= 0.6 is 0 Å². The monoisotopic (exact) mass is 168 g/mol. The van der Waals surface area contributed by atoms with Gasteiger partial charge in [0.1, 0.15) is 0 Å². The van der Waals surface area contributed by atoms with Gasteiger partial charge in [0.25, 0.3) is 0 Å². The van der Waals surface area contributed by atoms with Gasteiger partial charge >= 0.3 is 0 Å². The molecule has 1 aliphatic rings. The molecule has 1 fully saturated rings. The molecule has 1 heterocycles. The van der Waals surface area contributed by atoms with Gasteiger partial charge in [0.2, 0.25) is 0 Å². The largest absolute Gasteiger partial charge is 0.310 e. The molecule has 1 N–H and O–H groups in total. The summed E-state index contributed by atoms with van der Waals surface area (Å²) >= 11 is 0. The van der Waals surface area contributed by atoms with Crippen LogP contribution in [0.3, 0.4) is 0 Å². The highest BCUT2D eigenvalue weighted by atomic mass is 15.1. The van der Waals surface area contributed by atoms with Crippen molar-refractivity contribution in [2.75, 3.05) is 26.2 Å². The zero-order valence-corrected chi connectivity index (χ0v) is 8.05. The minimum Gasteiger partial charge on any atom is -0.310 e. The predicted molar refractivity (Wildman–Crippen MR) is 53.3 cm³/mol. The summed E-state index contributed by atoms with van der Waals surface area (Å²) in [6.07, 6.45) is 4.72. The molecule has 0 spiro atoms. The van der Waals surface area contributed by atoms with E-state index in [1.165, 1.54) is 32.5 Å². The Bertz CT molecular complexity index is 128. The van der Waals surface area contributed by atoms with E-state index in [1.54, 1.807) is 0 Å². The Kier molecular flexibility index (Phi) is 4.33. The fourth-order valence-corrected chi connectivity index (χ4v) is 1.54. The molecule has 1 aliphatic heterocycles. The van der Waals surface area contributed by atoms with E-state index in [4.69, 9.17) is 0 Å². The molecule has 2 heteroatoms. The molecular weight excluding hydrogens is 148 g/mol. The van der Waals surface area contributed by atoms with Crippen molar-refractivity contribution < 1.29 is 0 Å². The smallest absolute Gasteiger partial charge is 0.0219 e.